The normalized spacial score (nSPS) is 15.2. The predicted molar refractivity (Wildman–Crippen MR) is 121 cm³/mol. The molecule has 0 bridgehead atoms. The third-order valence-corrected chi connectivity index (χ3v) is 5.48. The maximum absolute atomic E-state index is 12.4. The average Bonchev–Trinajstić information content (AvgIpc) is 2.75. The van der Waals surface area contributed by atoms with Gasteiger partial charge in [-0.15, -0.1) is 0 Å². The average molecular weight is 406 g/mol. The van der Waals surface area contributed by atoms with Crippen molar-refractivity contribution >= 4 is 33.9 Å². The fourth-order valence-corrected chi connectivity index (χ4v) is 3.77. The number of nitrogens with one attached hydrogen (secondary N) is 3. The van der Waals surface area contributed by atoms with E-state index in [-0.39, 0.29) is 11.5 Å². The number of hydrogen-bond donors (Lipinski definition) is 3. The van der Waals surface area contributed by atoms with Gasteiger partial charge >= 0.3 is 0 Å². The molecule has 2 heterocycles. The fraction of sp³-hybridized carbons (Fsp3) is 0.304. The maximum atomic E-state index is 12.4. The van der Waals surface area contributed by atoms with Crippen LogP contribution in [0.3, 0.4) is 0 Å². The SMILES string of the molecule is CCN1CCN(CC(=O)Nc2ccc(Nc3cc(=O)[nH]c4ccccc34)cc2)CC1. The van der Waals surface area contributed by atoms with Crippen molar-refractivity contribution in [3.63, 3.8) is 0 Å². The first-order valence-electron chi connectivity index (χ1n) is 10.3. The number of aromatic amines is 1. The molecule has 156 valence electrons. The van der Waals surface area contributed by atoms with Crippen molar-refractivity contribution in [2.24, 2.45) is 0 Å². The van der Waals surface area contributed by atoms with Crippen LogP contribution in [0, 0.1) is 0 Å². The third-order valence-electron chi connectivity index (χ3n) is 5.48. The van der Waals surface area contributed by atoms with E-state index in [0.29, 0.717) is 6.54 Å². The van der Waals surface area contributed by atoms with Crippen molar-refractivity contribution in [3.8, 4) is 0 Å². The molecule has 0 spiro atoms. The Hall–Kier alpha value is -3.16. The molecule has 1 saturated heterocycles. The molecule has 7 nitrogen and oxygen atoms in total. The molecule has 3 N–H and O–H groups in total. The van der Waals surface area contributed by atoms with Gasteiger partial charge in [0.1, 0.15) is 0 Å². The molecule has 0 radical (unpaired) electrons. The Balaban J connectivity index is 1.37. The summed E-state index contributed by atoms with van der Waals surface area (Å²) in [5.41, 5.74) is 2.99. The van der Waals surface area contributed by atoms with E-state index in [1.807, 2.05) is 48.5 Å². The Kier molecular flexibility index (Phi) is 6.11. The summed E-state index contributed by atoms with van der Waals surface area (Å²) in [7, 11) is 0. The Morgan fingerprint density at radius 3 is 2.37 bits per heavy atom. The number of carbonyl (C=O) groups excluding carboxylic acids is 1. The molecule has 2 aromatic carbocycles. The molecule has 1 aromatic heterocycles. The van der Waals surface area contributed by atoms with Crippen molar-refractivity contribution in [2.45, 2.75) is 6.92 Å². The number of piperazine rings is 1. The van der Waals surface area contributed by atoms with Gasteiger partial charge in [-0.1, -0.05) is 25.1 Å². The lowest BCUT2D eigenvalue weighted by molar-refractivity contribution is -0.117. The number of amides is 1. The number of fused-ring (bicyclic) bond motifs is 1. The molecule has 1 amide bonds. The number of H-pyrrole nitrogens is 1. The van der Waals surface area contributed by atoms with Gasteiger partial charge in [-0.05, 0) is 36.9 Å². The first kappa shape index (κ1) is 20.1. The van der Waals surface area contributed by atoms with Crippen molar-refractivity contribution in [2.75, 3.05) is 49.9 Å². The minimum absolute atomic E-state index is 0.00115. The summed E-state index contributed by atoms with van der Waals surface area (Å²) in [5, 5.41) is 7.21. The summed E-state index contributed by atoms with van der Waals surface area (Å²) in [5.74, 6) is 0.00115. The van der Waals surface area contributed by atoms with Gasteiger partial charge in [-0.25, -0.2) is 0 Å². The molecular formula is C23H27N5O2. The topological polar surface area (TPSA) is 80.5 Å². The van der Waals surface area contributed by atoms with Gasteiger partial charge in [0.25, 0.3) is 0 Å². The molecule has 1 aliphatic heterocycles. The van der Waals surface area contributed by atoms with Crippen LogP contribution in [0.4, 0.5) is 17.1 Å². The van der Waals surface area contributed by atoms with Gasteiger partial charge in [-0.2, -0.15) is 0 Å². The Morgan fingerprint density at radius 1 is 0.967 bits per heavy atom. The molecule has 3 aromatic rings. The molecule has 0 saturated carbocycles. The van der Waals surface area contributed by atoms with Crippen LogP contribution in [-0.4, -0.2) is 60.0 Å². The zero-order valence-corrected chi connectivity index (χ0v) is 17.1. The minimum Gasteiger partial charge on any atom is -0.355 e. The summed E-state index contributed by atoms with van der Waals surface area (Å²) in [6.07, 6.45) is 0. The summed E-state index contributed by atoms with van der Waals surface area (Å²) in [4.78, 5) is 31.7. The molecule has 0 aliphatic carbocycles. The first-order chi connectivity index (χ1) is 14.6. The quantitative estimate of drug-likeness (QED) is 0.588. The van der Waals surface area contributed by atoms with E-state index >= 15 is 0 Å². The van der Waals surface area contributed by atoms with E-state index in [0.717, 1.165) is 60.7 Å². The van der Waals surface area contributed by atoms with Gasteiger partial charge in [0.05, 0.1) is 17.7 Å². The standard InChI is InChI=1S/C23H27N5O2/c1-2-27-11-13-28(14-12-27)16-23(30)25-18-9-7-17(8-10-18)24-21-15-22(29)26-20-6-4-3-5-19(20)21/h3-10,15H,2,11-14,16H2,1H3,(H,25,30)(H2,24,26,29). The second-order valence-corrected chi connectivity index (χ2v) is 7.55. The zero-order chi connectivity index (χ0) is 20.9. The van der Waals surface area contributed by atoms with E-state index in [2.05, 4.69) is 32.3 Å². The Morgan fingerprint density at radius 2 is 1.63 bits per heavy atom. The number of para-hydroxylation sites is 1. The summed E-state index contributed by atoms with van der Waals surface area (Å²) < 4.78 is 0. The number of pyridine rings is 1. The number of benzene rings is 2. The third kappa shape index (κ3) is 4.87. The molecule has 0 unspecified atom stereocenters. The lowest BCUT2D eigenvalue weighted by Gasteiger charge is -2.33. The van der Waals surface area contributed by atoms with Crippen LogP contribution >= 0.6 is 0 Å². The maximum Gasteiger partial charge on any atom is 0.250 e. The highest BCUT2D eigenvalue weighted by Gasteiger charge is 2.17. The monoisotopic (exact) mass is 405 g/mol. The van der Waals surface area contributed by atoms with Crippen LogP contribution < -0.4 is 16.2 Å². The summed E-state index contributed by atoms with van der Waals surface area (Å²) in [6, 6.07) is 16.7. The predicted octanol–water partition coefficient (Wildman–Crippen LogP) is 2.85. The molecular weight excluding hydrogens is 378 g/mol. The van der Waals surface area contributed by atoms with Crippen LogP contribution in [0.25, 0.3) is 10.9 Å². The van der Waals surface area contributed by atoms with Crippen LogP contribution in [0.15, 0.2) is 59.4 Å². The van der Waals surface area contributed by atoms with Crippen molar-refractivity contribution < 1.29 is 4.79 Å². The number of aromatic nitrogens is 1. The van der Waals surface area contributed by atoms with Crippen LogP contribution in [-0.2, 0) is 4.79 Å². The van der Waals surface area contributed by atoms with E-state index in [1.54, 1.807) is 6.07 Å². The van der Waals surface area contributed by atoms with E-state index in [4.69, 9.17) is 0 Å². The Bertz CT molecular complexity index is 1070. The van der Waals surface area contributed by atoms with E-state index in [1.165, 1.54) is 0 Å². The second-order valence-electron chi connectivity index (χ2n) is 7.55. The van der Waals surface area contributed by atoms with E-state index in [9.17, 15) is 9.59 Å². The van der Waals surface area contributed by atoms with Gasteiger partial charge in [0, 0.05) is 49.0 Å². The molecule has 7 heteroatoms. The minimum atomic E-state index is -0.153. The first-order valence-corrected chi connectivity index (χ1v) is 10.3. The smallest absolute Gasteiger partial charge is 0.250 e. The van der Waals surface area contributed by atoms with Crippen LogP contribution in [0.5, 0.6) is 0 Å². The summed E-state index contributed by atoms with van der Waals surface area (Å²) >= 11 is 0. The van der Waals surface area contributed by atoms with Crippen LogP contribution in [0.2, 0.25) is 0 Å². The largest absolute Gasteiger partial charge is 0.355 e. The number of rotatable bonds is 6. The highest BCUT2D eigenvalue weighted by Crippen LogP contribution is 2.24. The number of carbonyl (C=O) groups is 1. The number of hydrogen-bond acceptors (Lipinski definition) is 5. The summed E-state index contributed by atoms with van der Waals surface area (Å²) in [6.45, 7) is 7.52. The molecule has 1 aliphatic rings. The second kappa shape index (κ2) is 9.11. The Labute approximate surface area is 175 Å². The molecule has 0 atom stereocenters. The van der Waals surface area contributed by atoms with Crippen molar-refractivity contribution in [1.82, 2.24) is 14.8 Å². The van der Waals surface area contributed by atoms with Crippen LogP contribution in [0.1, 0.15) is 6.92 Å². The highest BCUT2D eigenvalue weighted by atomic mass is 16.2. The molecule has 4 rings (SSSR count). The van der Waals surface area contributed by atoms with E-state index < -0.39 is 0 Å². The van der Waals surface area contributed by atoms with Crippen molar-refractivity contribution in [3.05, 3.63) is 65.0 Å². The lowest BCUT2D eigenvalue weighted by atomic mass is 10.1. The lowest BCUT2D eigenvalue weighted by Crippen LogP contribution is -2.48. The molecule has 1 fully saturated rings. The number of anilines is 3. The van der Waals surface area contributed by atoms with Gasteiger partial charge < -0.3 is 20.5 Å². The fourth-order valence-electron chi connectivity index (χ4n) is 3.77. The van der Waals surface area contributed by atoms with Crippen molar-refractivity contribution in [1.29, 1.82) is 0 Å². The van der Waals surface area contributed by atoms with Gasteiger partial charge in [0.2, 0.25) is 11.5 Å². The highest BCUT2D eigenvalue weighted by molar-refractivity contribution is 5.94. The van der Waals surface area contributed by atoms with Gasteiger partial charge in [0.15, 0.2) is 0 Å². The molecule has 30 heavy (non-hydrogen) atoms. The number of nitrogens with zero attached hydrogens (tertiary/aromatic N) is 2. The number of likely N-dealkylation sites (N-methyl/N-ethyl adjacent to an activating group) is 1. The zero-order valence-electron chi connectivity index (χ0n) is 17.1. The van der Waals surface area contributed by atoms with Gasteiger partial charge in [-0.3, -0.25) is 14.5 Å².